The van der Waals surface area contributed by atoms with Gasteiger partial charge >= 0.3 is 5.97 Å². The number of carboxylic acids is 1. The molecule has 1 N–H and O–H groups in total. The lowest BCUT2D eigenvalue weighted by atomic mass is 9.76. The monoisotopic (exact) mass is 227 g/mol. The van der Waals surface area contributed by atoms with E-state index in [1.807, 2.05) is 6.92 Å². The Balaban J connectivity index is 2.59. The van der Waals surface area contributed by atoms with Crippen LogP contribution in [-0.4, -0.2) is 35.1 Å². The fourth-order valence-corrected chi connectivity index (χ4v) is 2.50. The van der Waals surface area contributed by atoms with Gasteiger partial charge in [0.05, 0.1) is 5.41 Å². The Labute approximate surface area is 98.8 Å². The number of nitrogens with zero attached hydrogens (tertiary/aromatic N) is 1. The normalized spacial score (nSPS) is 23.3. The lowest BCUT2D eigenvalue weighted by Gasteiger charge is -2.42. The van der Waals surface area contributed by atoms with Crippen LogP contribution in [0.2, 0.25) is 0 Å². The number of aliphatic carboxylic acids is 1. The van der Waals surface area contributed by atoms with Gasteiger partial charge in [-0.3, -0.25) is 4.79 Å². The van der Waals surface area contributed by atoms with Crippen LogP contribution in [0.3, 0.4) is 0 Å². The lowest BCUT2D eigenvalue weighted by molar-refractivity contribution is -0.152. The Morgan fingerprint density at radius 1 is 1.31 bits per heavy atom. The Kier molecular flexibility index (Phi) is 4.36. The first-order chi connectivity index (χ1) is 7.43. The number of carboxylic acid groups (broad SMARTS) is 1. The maximum absolute atomic E-state index is 11.3. The Bertz CT molecular complexity index is 242. The molecule has 1 saturated heterocycles. The quantitative estimate of drug-likeness (QED) is 0.802. The molecule has 0 bridgehead atoms. The standard InChI is InChI=1S/C13H25NO2/c1-5-13(12(15)16)6-8-14(9-7-13)11(4)10(2)3/h10-11H,5-9H2,1-4H3,(H,15,16). The molecule has 0 aromatic carbocycles. The molecule has 1 heterocycles. The first kappa shape index (κ1) is 13.5. The van der Waals surface area contributed by atoms with Crippen molar-refractivity contribution in [1.29, 1.82) is 0 Å². The van der Waals surface area contributed by atoms with Gasteiger partial charge in [-0.1, -0.05) is 20.8 Å². The summed E-state index contributed by atoms with van der Waals surface area (Å²) in [4.78, 5) is 13.7. The highest BCUT2D eigenvalue weighted by atomic mass is 16.4. The van der Waals surface area contributed by atoms with Crippen LogP contribution in [0.15, 0.2) is 0 Å². The van der Waals surface area contributed by atoms with Crippen LogP contribution in [0.1, 0.15) is 47.0 Å². The van der Waals surface area contributed by atoms with Gasteiger partial charge in [-0.05, 0) is 45.2 Å². The Morgan fingerprint density at radius 2 is 1.81 bits per heavy atom. The molecule has 0 aliphatic carbocycles. The highest BCUT2D eigenvalue weighted by molar-refractivity contribution is 5.74. The van der Waals surface area contributed by atoms with Crippen LogP contribution in [-0.2, 0) is 4.79 Å². The van der Waals surface area contributed by atoms with Gasteiger partial charge in [-0.25, -0.2) is 0 Å². The number of carbonyl (C=O) groups is 1. The first-order valence-electron chi connectivity index (χ1n) is 6.40. The van der Waals surface area contributed by atoms with E-state index in [0.717, 1.165) is 32.4 Å². The minimum absolute atomic E-state index is 0.451. The summed E-state index contributed by atoms with van der Waals surface area (Å²) in [6.45, 7) is 10.5. The topological polar surface area (TPSA) is 40.5 Å². The largest absolute Gasteiger partial charge is 0.481 e. The van der Waals surface area contributed by atoms with E-state index < -0.39 is 11.4 Å². The Hall–Kier alpha value is -0.570. The molecule has 0 aromatic heterocycles. The molecule has 0 amide bonds. The van der Waals surface area contributed by atoms with Crippen molar-refractivity contribution in [3.8, 4) is 0 Å². The highest BCUT2D eigenvalue weighted by Gasteiger charge is 2.40. The molecule has 1 aliphatic rings. The van der Waals surface area contributed by atoms with E-state index in [1.165, 1.54) is 0 Å². The lowest BCUT2D eigenvalue weighted by Crippen LogP contribution is -2.48. The van der Waals surface area contributed by atoms with E-state index in [4.69, 9.17) is 0 Å². The SMILES string of the molecule is CCC1(C(=O)O)CCN(C(C)C(C)C)CC1. The summed E-state index contributed by atoms with van der Waals surface area (Å²) in [5.41, 5.74) is -0.451. The van der Waals surface area contributed by atoms with Crippen molar-refractivity contribution in [3.63, 3.8) is 0 Å². The zero-order valence-corrected chi connectivity index (χ0v) is 11.0. The second-order valence-corrected chi connectivity index (χ2v) is 5.46. The maximum Gasteiger partial charge on any atom is 0.309 e. The predicted molar refractivity (Wildman–Crippen MR) is 65.5 cm³/mol. The smallest absolute Gasteiger partial charge is 0.309 e. The summed E-state index contributed by atoms with van der Waals surface area (Å²) in [5, 5.41) is 9.30. The van der Waals surface area contributed by atoms with Gasteiger partial charge in [0.2, 0.25) is 0 Å². The second-order valence-electron chi connectivity index (χ2n) is 5.46. The van der Waals surface area contributed by atoms with E-state index in [-0.39, 0.29) is 0 Å². The van der Waals surface area contributed by atoms with Gasteiger partial charge in [0.25, 0.3) is 0 Å². The van der Waals surface area contributed by atoms with Crippen LogP contribution in [0.4, 0.5) is 0 Å². The van der Waals surface area contributed by atoms with Gasteiger partial charge in [0.15, 0.2) is 0 Å². The second kappa shape index (κ2) is 5.17. The molecule has 16 heavy (non-hydrogen) atoms. The zero-order valence-electron chi connectivity index (χ0n) is 11.0. The predicted octanol–water partition coefficient (Wildman–Crippen LogP) is 2.61. The molecule has 1 rings (SSSR count). The molecule has 3 heteroatoms. The molecule has 1 aliphatic heterocycles. The third-order valence-corrected chi connectivity index (χ3v) is 4.43. The van der Waals surface area contributed by atoms with Gasteiger partial charge < -0.3 is 10.0 Å². The van der Waals surface area contributed by atoms with Crippen molar-refractivity contribution < 1.29 is 9.90 Å². The minimum Gasteiger partial charge on any atom is -0.481 e. The molecule has 1 atom stereocenters. The summed E-state index contributed by atoms with van der Waals surface area (Å²) in [7, 11) is 0. The molecule has 94 valence electrons. The molecular weight excluding hydrogens is 202 g/mol. The zero-order chi connectivity index (χ0) is 12.3. The van der Waals surface area contributed by atoms with Crippen LogP contribution in [0, 0.1) is 11.3 Å². The van der Waals surface area contributed by atoms with Crippen LogP contribution in [0.5, 0.6) is 0 Å². The van der Waals surface area contributed by atoms with Gasteiger partial charge in [-0.15, -0.1) is 0 Å². The fourth-order valence-electron chi connectivity index (χ4n) is 2.50. The number of rotatable bonds is 4. The number of piperidine rings is 1. The molecule has 3 nitrogen and oxygen atoms in total. The average molecular weight is 227 g/mol. The van der Waals surface area contributed by atoms with E-state index >= 15 is 0 Å². The van der Waals surface area contributed by atoms with Gasteiger partial charge in [0, 0.05) is 6.04 Å². The highest BCUT2D eigenvalue weighted by Crippen LogP contribution is 2.36. The van der Waals surface area contributed by atoms with Crippen LogP contribution in [0.25, 0.3) is 0 Å². The van der Waals surface area contributed by atoms with Crippen molar-refractivity contribution in [1.82, 2.24) is 4.90 Å². The summed E-state index contributed by atoms with van der Waals surface area (Å²) in [6, 6.07) is 0.559. The van der Waals surface area contributed by atoms with Crippen molar-refractivity contribution in [2.45, 2.75) is 53.0 Å². The molecular formula is C13H25NO2. The summed E-state index contributed by atoms with van der Waals surface area (Å²) < 4.78 is 0. The third-order valence-electron chi connectivity index (χ3n) is 4.43. The Morgan fingerprint density at radius 3 is 2.12 bits per heavy atom. The first-order valence-corrected chi connectivity index (χ1v) is 6.40. The molecule has 0 radical (unpaired) electrons. The van der Waals surface area contributed by atoms with E-state index in [2.05, 4.69) is 25.7 Å². The van der Waals surface area contributed by atoms with Gasteiger partial charge in [0.1, 0.15) is 0 Å². The minimum atomic E-state index is -0.605. The van der Waals surface area contributed by atoms with Gasteiger partial charge in [-0.2, -0.15) is 0 Å². The van der Waals surface area contributed by atoms with E-state index in [9.17, 15) is 9.90 Å². The third kappa shape index (κ3) is 2.57. The molecule has 0 saturated carbocycles. The van der Waals surface area contributed by atoms with Crippen LogP contribution < -0.4 is 0 Å². The number of hydrogen-bond donors (Lipinski definition) is 1. The molecule has 0 aromatic rings. The fraction of sp³-hybridized carbons (Fsp3) is 0.923. The molecule has 0 spiro atoms. The van der Waals surface area contributed by atoms with Crippen molar-refractivity contribution in [2.75, 3.05) is 13.1 Å². The molecule has 1 fully saturated rings. The molecule has 1 unspecified atom stereocenters. The van der Waals surface area contributed by atoms with Crippen LogP contribution >= 0.6 is 0 Å². The summed E-state index contributed by atoms with van der Waals surface area (Å²) >= 11 is 0. The summed E-state index contributed by atoms with van der Waals surface area (Å²) in [5.74, 6) is 0.0332. The van der Waals surface area contributed by atoms with E-state index in [1.54, 1.807) is 0 Å². The summed E-state index contributed by atoms with van der Waals surface area (Å²) in [6.07, 6.45) is 2.36. The van der Waals surface area contributed by atoms with E-state index in [0.29, 0.717) is 12.0 Å². The number of hydrogen-bond acceptors (Lipinski definition) is 2. The number of likely N-dealkylation sites (tertiary alicyclic amines) is 1. The maximum atomic E-state index is 11.3. The van der Waals surface area contributed by atoms with Crippen molar-refractivity contribution in [3.05, 3.63) is 0 Å². The average Bonchev–Trinajstić information content (AvgIpc) is 2.27. The van der Waals surface area contributed by atoms with Crippen molar-refractivity contribution >= 4 is 5.97 Å². The van der Waals surface area contributed by atoms with Crippen molar-refractivity contribution in [2.24, 2.45) is 11.3 Å².